The van der Waals surface area contributed by atoms with E-state index in [-0.39, 0.29) is 5.91 Å². The molecule has 2 atom stereocenters. The third-order valence-electron chi connectivity index (χ3n) is 6.32. The van der Waals surface area contributed by atoms with Crippen LogP contribution in [0.5, 0.6) is 0 Å². The van der Waals surface area contributed by atoms with E-state index >= 15 is 0 Å². The highest BCUT2D eigenvalue weighted by atomic mass is 35.5. The molecular weight excluding hydrogens is 426 g/mol. The minimum Gasteiger partial charge on any atom is -0.352 e. The van der Waals surface area contributed by atoms with Gasteiger partial charge < -0.3 is 5.32 Å². The van der Waals surface area contributed by atoms with E-state index in [4.69, 9.17) is 16.6 Å². The second-order valence-corrected chi connectivity index (χ2v) is 10.1. The molecule has 1 fully saturated rings. The molecule has 1 N–H and O–H groups in total. The standard InChI is InChI=1S/C25H30ClN3OS/c1-16-6-4-7-17(2)29(16)13-5-12-27-25(30)19-8-10-24-22(14-19)28-18(3)21-15-20(26)9-11-23(21)31-24/h8-11,14-17H,4-7,12-13H2,1-3H3,(H,27,30)/t16-,17-/m1/s1. The predicted octanol–water partition coefficient (Wildman–Crippen LogP) is 6.33. The Kier molecular flexibility index (Phi) is 7.05. The molecule has 0 bridgehead atoms. The number of likely N-dealkylation sites (tertiary alicyclic amines) is 1. The zero-order valence-corrected chi connectivity index (χ0v) is 20.0. The van der Waals surface area contributed by atoms with Crippen molar-refractivity contribution in [1.82, 2.24) is 10.2 Å². The lowest BCUT2D eigenvalue weighted by molar-refractivity contribution is 0.0925. The van der Waals surface area contributed by atoms with Crippen molar-refractivity contribution in [3.63, 3.8) is 0 Å². The van der Waals surface area contributed by atoms with Crippen molar-refractivity contribution in [2.45, 2.75) is 68.3 Å². The molecule has 0 radical (unpaired) electrons. The van der Waals surface area contributed by atoms with Crippen molar-refractivity contribution < 1.29 is 4.79 Å². The zero-order chi connectivity index (χ0) is 22.0. The first-order valence-electron chi connectivity index (χ1n) is 11.1. The van der Waals surface area contributed by atoms with Crippen LogP contribution < -0.4 is 5.32 Å². The molecule has 4 nitrogen and oxygen atoms in total. The fourth-order valence-corrected chi connectivity index (χ4v) is 5.75. The first kappa shape index (κ1) is 22.4. The third-order valence-corrected chi connectivity index (χ3v) is 7.69. The maximum atomic E-state index is 12.7. The van der Waals surface area contributed by atoms with Crippen LogP contribution in [-0.4, -0.2) is 41.7 Å². The Morgan fingerprint density at radius 3 is 2.68 bits per heavy atom. The SMILES string of the molecule is CC1=Nc2cc(C(=O)NCCCN3[C@H](C)CCC[C@H]3C)ccc2Sc2ccc(Cl)cc21. The quantitative estimate of drug-likeness (QED) is 0.536. The summed E-state index contributed by atoms with van der Waals surface area (Å²) < 4.78 is 0. The van der Waals surface area contributed by atoms with Gasteiger partial charge >= 0.3 is 0 Å². The molecule has 1 amide bonds. The molecule has 4 rings (SSSR count). The summed E-state index contributed by atoms with van der Waals surface area (Å²) in [6, 6.07) is 12.9. The molecule has 0 unspecified atom stereocenters. The van der Waals surface area contributed by atoms with Gasteiger partial charge in [0.2, 0.25) is 0 Å². The number of hydrogen-bond acceptors (Lipinski definition) is 4. The molecule has 2 aromatic carbocycles. The number of rotatable bonds is 5. The summed E-state index contributed by atoms with van der Waals surface area (Å²) in [6.07, 6.45) is 4.85. The Morgan fingerprint density at radius 1 is 1.16 bits per heavy atom. The number of piperidine rings is 1. The average Bonchev–Trinajstić information content (AvgIpc) is 2.88. The van der Waals surface area contributed by atoms with Crippen molar-refractivity contribution in [2.75, 3.05) is 13.1 Å². The van der Waals surface area contributed by atoms with Crippen LogP contribution in [0.3, 0.4) is 0 Å². The Balaban J connectivity index is 1.39. The Morgan fingerprint density at radius 2 is 1.90 bits per heavy atom. The van der Waals surface area contributed by atoms with Crippen LogP contribution in [0.2, 0.25) is 5.02 Å². The van der Waals surface area contributed by atoms with Gasteiger partial charge in [-0.3, -0.25) is 14.7 Å². The molecule has 2 aliphatic heterocycles. The number of nitrogens with zero attached hydrogens (tertiary/aromatic N) is 2. The van der Waals surface area contributed by atoms with Crippen LogP contribution in [0, 0.1) is 0 Å². The number of aliphatic imine (C=N–C) groups is 1. The summed E-state index contributed by atoms with van der Waals surface area (Å²) in [6.45, 7) is 8.34. The Hall–Kier alpha value is -1.82. The Labute approximate surface area is 194 Å². The lowest BCUT2D eigenvalue weighted by atomic mass is 9.97. The van der Waals surface area contributed by atoms with E-state index in [9.17, 15) is 4.79 Å². The van der Waals surface area contributed by atoms with E-state index in [1.807, 2.05) is 43.3 Å². The Bertz CT molecular complexity index is 996. The molecule has 0 spiro atoms. The van der Waals surface area contributed by atoms with Gasteiger partial charge in [0.1, 0.15) is 0 Å². The fraction of sp³-hybridized carbons (Fsp3) is 0.440. The average molecular weight is 456 g/mol. The van der Waals surface area contributed by atoms with E-state index in [1.165, 1.54) is 19.3 Å². The van der Waals surface area contributed by atoms with E-state index in [0.29, 0.717) is 29.2 Å². The van der Waals surface area contributed by atoms with Crippen LogP contribution in [0.1, 0.15) is 62.4 Å². The summed E-state index contributed by atoms with van der Waals surface area (Å²) in [5, 5.41) is 3.79. The molecule has 2 aliphatic rings. The lowest BCUT2D eigenvalue weighted by Crippen LogP contribution is -2.44. The van der Waals surface area contributed by atoms with Crippen LogP contribution in [0.15, 0.2) is 51.2 Å². The van der Waals surface area contributed by atoms with Crippen LogP contribution >= 0.6 is 23.4 Å². The number of amides is 1. The third kappa shape index (κ3) is 5.16. The normalized spacial score (nSPS) is 21.0. The highest BCUT2D eigenvalue weighted by molar-refractivity contribution is 7.99. The highest BCUT2D eigenvalue weighted by Crippen LogP contribution is 2.41. The van der Waals surface area contributed by atoms with Gasteiger partial charge in [-0.1, -0.05) is 29.8 Å². The van der Waals surface area contributed by atoms with Gasteiger partial charge in [-0.2, -0.15) is 0 Å². The largest absolute Gasteiger partial charge is 0.352 e. The molecular formula is C25H30ClN3OS. The first-order chi connectivity index (χ1) is 14.9. The fourth-order valence-electron chi connectivity index (χ4n) is 4.55. The number of halogens is 1. The maximum absolute atomic E-state index is 12.7. The smallest absolute Gasteiger partial charge is 0.251 e. The van der Waals surface area contributed by atoms with Gasteiger partial charge in [-0.25, -0.2) is 0 Å². The molecule has 0 aromatic heterocycles. The van der Waals surface area contributed by atoms with Crippen molar-refractivity contribution in [2.24, 2.45) is 4.99 Å². The van der Waals surface area contributed by atoms with Crippen molar-refractivity contribution >= 4 is 40.7 Å². The summed E-state index contributed by atoms with van der Waals surface area (Å²) in [5.74, 6) is -0.0369. The molecule has 0 aliphatic carbocycles. The molecule has 2 heterocycles. The number of carbonyl (C=O) groups excluding carboxylic acids is 1. The summed E-state index contributed by atoms with van der Waals surface area (Å²) in [5.41, 5.74) is 3.44. The van der Waals surface area contributed by atoms with E-state index in [0.717, 1.165) is 39.7 Å². The van der Waals surface area contributed by atoms with Crippen molar-refractivity contribution in [3.05, 3.63) is 52.5 Å². The molecule has 31 heavy (non-hydrogen) atoms. The van der Waals surface area contributed by atoms with Gasteiger partial charge in [0.25, 0.3) is 5.91 Å². The maximum Gasteiger partial charge on any atom is 0.251 e. The summed E-state index contributed by atoms with van der Waals surface area (Å²) >= 11 is 7.84. The number of nitrogens with one attached hydrogen (secondary N) is 1. The minimum atomic E-state index is -0.0369. The van der Waals surface area contributed by atoms with Gasteiger partial charge in [0.15, 0.2) is 0 Å². The molecule has 1 saturated heterocycles. The number of hydrogen-bond donors (Lipinski definition) is 1. The van der Waals surface area contributed by atoms with Gasteiger partial charge in [0, 0.05) is 56.8 Å². The lowest BCUT2D eigenvalue weighted by Gasteiger charge is -2.39. The van der Waals surface area contributed by atoms with E-state index in [1.54, 1.807) is 11.8 Å². The van der Waals surface area contributed by atoms with Gasteiger partial charge in [-0.05, 0) is 76.4 Å². The summed E-state index contributed by atoms with van der Waals surface area (Å²) in [7, 11) is 0. The molecule has 0 saturated carbocycles. The topological polar surface area (TPSA) is 44.7 Å². The van der Waals surface area contributed by atoms with Crippen LogP contribution in [0.4, 0.5) is 5.69 Å². The van der Waals surface area contributed by atoms with Gasteiger partial charge in [-0.15, -0.1) is 0 Å². The second kappa shape index (κ2) is 9.76. The number of fused-ring (bicyclic) bond motifs is 2. The van der Waals surface area contributed by atoms with Gasteiger partial charge in [0.05, 0.1) is 5.69 Å². The van der Waals surface area contributed by atoms with Crippen molar-refractivity contribution in [1.29, 1.82) is 0 Å². The minimum absolute atomic E-state index is 0.0369. The predicted molar refractivity (Wildman–Crippen MR) is 130 cm³/mol. The molecule has 164 valence electrons. The number of carbonyl (C=O) groups is 1. The van der Waals surface area contributed by atoms with Crippen LogP contribution in [-0.2, 0) is 0 Å². The van der Waals surface area contributed by atoms with E-state index in [2.05, 4.69) is 24.1 Å². The number of benzene rings is 2. The van der Waals surface area contributed by atoms with Crippen LogP contribution in [0.25, 0.3) is 0 Å². The second-order valence-electron chi connectivity index (χ2n) is 8.60. The highest BCUT2D eigenvalue weighted by Gasteiger charge is 2.24. The van der Waals surface area contributed by atoms with E-state index < -0.39 is 0 Å². The first-order valence-corrected chi connectivity index (χ1v) is 12.3. The molecule has 6 heteroatoms. The summed E-state index contributed by atoms with van der Waals surface area (Å²) in [4.78, 5) is 22.3. The van der Waals surface area contributed by atoms with Crippen molar-refractivity contribution in [3.8, 4) is 0 Å². The monoisotopic (exact) mass is 455 g/mol. The zero-order valence-electron chi connectivity index (χ0n) is 18.5. The molecule has 2 aromatic rings.